The Morgan fingerprint density at radius 1 is 1.03 bits per heavy atom. The molecule has 3 aromatic heterocycles. The van der Waals surface area contributed by atoms with Crippen LogP contribution in [0.1, 0.15) is 31.2 Å². The summed E-state index contributed by atoms with van der Waals surface area (Å²) in [6, 6.07) is 14.0. The molecular weight excluding hydrogens is 508 g/mol. The molecule has 0 unspecified atom stereocenters. The highest BCUT2D eigenvalue weighted by Gasteiger charge is 2.16. The van der Waals surface area contributed by atoms with Crippen LogP contribution < -0.4 is 14.8 Å². The number of ether oxygens (including phenoxy) is 2. The minimum absolute atomic E-state index is 0.580. The lowest BCUT2D eigenvalue weighted by molar-refractivity contribution is 0.405. The lowest BCUT2D eigenvalue weighted by Gasteiger charge is -2.08. The highest BCUT2D eigenvalue weighted by Crippen LogP contribution is 2.34. The van der Waals surface area contributed by atoms with E-state index in [0.29, 0.717) is 5.19 Å². The molecule has 37 heavy (non-hydrogen) atoms. The van der Waals surface area contributed by atoms with Crippen molar-refractivity contribution < 1.29 is 13.9 Å². The second kappa shape index (κ2) is 12.7. The zero-order valence-corrected chi connectivity index (χ0v) is 22.7. The maximum atomic E-state index is 6.17. The number of unbranched alkanes of at least 4 members (excludes halogenated alkanes) is 3. The van der Waals surface area contributed by atoms with Gasteiger partial charge < -0.3 is 19.2 Å². The van der Waals surface area contributed by atoms with E-state index < -0.39 is 0 Å². The van der Waals surface area contributed by atoms with Crippen LogP contribution in [0.15, 0.2) is 66.2 Å². The molecule has 0 aliphatic heterocycles. The molecule has 5 rings (SSSR count). The van der Waals surface area contributed by atoms with Crippen molar-refractivity contribution in [3.63, 3.8) is 0 Å². The molecule has 194 valence electrons. The molecule has 0 amide bonds. The molecule has 0 saturated carbocycles. The number of aryl methyl sites for hydroxylation is 1. The van der Waals surface area contributed by atoms with Crippen LogP contribution in [0.5, 0.6) is 10.9 Å². The minimum Gasteiger partial charge on any atom is -0.497 e. The first-order valence-corrected chi connectivity index (χ1v) is 13.3. The van der Waals surface area contributed by atoms with E-state index >= 15 is 0 Å². The number of furan rings is 1. The van der Waals surface area contributed by atoms with Gasteiger partial charge in [0.2, 0.25) is 4.96 Å². The summed E-state index contributed by atoms with van der Waals surface area (Å²) >= 11 is 7.33. The van der Waals surface area contributed by atoms with Crippen molar-refractivity contribution in [3.05, 3.63) is 72.4 Å². The van der Waals surface area contributed by atoms with Gasteiger partial charge in [-0.1, -0.05) is 24.4 Å². The van der Waals surface area contributed by atoms with Crippen LogP contribution in [0.3, 0.4) is 0 Å². The summed E-state index contributed by atoms with van der Waals surface area (Å²) in [5.74, 6) is 1.53. The van der Waals surface area contributed by atoms with Gasteiger partial charge in [0.05, 0.1) is 20.4 Å². The molecule has 1 N–H and O–H groups in total. The molecule has 0 aliphatic carbocycles. The number of fused-ring (bicyclic) bond motifs is 2. The summed E-state index contributed by atoms with van der Waals surface area (Å²) < 4.78 is 18.6. The first kappa shape index (κ1) is 26.6. The maximum absolute atomic E-state index is 6.17. The van der Waals surface area contributed by atoms with Crippen molar-refractivity contribution in [2.75, 3.05) is 26.1 Å². The molecule has 0 radical (unpaired) electrons. The maximum Gasteiger partial charge on any atom is 0.294 e. The molecule has 0 spiro atoms. The van der Waals surface area contributed by atoms with Crippen LogP contribution in [0.25, 0.3) is 27.4 Å². The molecule has 0 aliphatic rings. The molecule has 5 aromatic rings. The van der Waals surface area contributed by atoms with Crippen LogP contribution in [0.4, 0.5) is 5.69 Å². The number of anilines is 1. The highest BCUT2D eigenvalue weighted by atomic mass is 35.5. The van der Waals surface area contributed by atoms with Gasteiger partial charge >= 0.3 is 0 Å². The first-order chi connectivity index (χ1) is 18.1. The van der Waals surface area contributed by atoms with Gasteiger partial charge in [-0.3, -0.25) is 0 Å². The monoisotopic (exact) mass is 538 g/mol. The van der Waals surface area contributed by atoms with Crippen LogP contribution in [-0.2, 0) is 6.42 Å². The predicted octanol–water partition coefficient (Wildman–Crippen LogP) is 7.89. The van der Waals surface area contributed by atoms with E-state index in [1.54, 1.807) is 18.7 Å². The van der Waals surface area contributed by atoms with E-state index in [1.165, 1.54) is 23.3 Å². The third-order valence-corrected chi connectivity index (χ3v) is 7.07. The number of imidazole rings is 1. The summed E-state index contributed by atoms with van der Waals surface area (Å²) in [5.41, 5.74) is 3.90. The minimum atomic E-state index is 0.580. The Balaban J connectivity index is 0.00000156. The molecule has 0 atom stereocenters. The standard InChI is InChI=1S/C26H27ClN4O3S.C2H4/c1-32-20-13-17(7-5-3-4-6-12-28-19-10-8-18(27)9-11-19)21-15-24(34-23(21)14-20)22-16-31-25(29-22)35-26(30-31)33-2;1-2/h8-11,13-16,28H,3-7,12H2,1-2H3;1-2H2. The summed E-state index contributed by atoms with van der Waals surface area (Å²) in [5, 5.41) is 10.2. The van der Waals surface area contributed by atoms with Crippen LogP contribution in [-0.4, -0.2) is 35.4 Å². The Labute approximate surface area is 225 Å². The van der Waals surface area contributed by atoms with Crippen LogP contribution >= 0.6 is 22.9 Å². The average molecular weight is 539 g/mol. The van der Waals surface area contributed by atoms with Crippen LogP contribution in [0, 0.1) is 0 Å². The Bertz CT molecular complexity index is 1410. The number of rotatable bonds is 11. The summed E-state index contributed by atoms with van der Waals surface area (Å²) in [4.78, 5) is 5.42. The van der Waals surface area contributed by atoms with E-state index in [4.69, 9.17) is 25.5 Å². The normalized spacial score (nSPS) is 10.9. The summed E-state index contributed by atoms with van der Waals surface area (Å²) in [7, 11) is 3.29. The van der Waals surface area contributed by atoms with Crippen molar-refractivity contribution in [1.82, 2.24) is 14.6 Å². The zero-order valence-electron chi connectivity index (χ0n) is 21.1. The lowest BCUT2D eigenvalue weighted by atomic mass is 10.0. The zero-order chi connectivity index (χ0) is 26.2. The van der Waals surface area contributed by atoms with Gasteiger partial charge in [0.15, 0.2) is 5.76 Å². The number of nitrogens with one attached hydrogen (secondary N) is 1. The van der Waals surface area contributed by atoms with Crippen molar-refractivity contribution in [2.24, 2.45) is 0 Å². The molecule has 3 heterocycles. The van der Waals surface area contributed by atoms with Crippen LogP contribution in [0.2, 0.25) is 5.02 Å². The predicted molar refractivity (Wildman–Crippen MR) is 153 cm³/mol. The number of methoxy groups -OCH3 is 2. The van der Waals surface area contributed by atoms with E-state index in [-0.39, 0.29) is 0 Å². The highest BCUT2D eigenvalue weighted by molar-refractivity contribution is 7.18. The summed E-state index contributed by atoms with van der Waals surface area (Å²) in [6.45, 7) is 6.96. The van der Waals surface area contributed by atoms with E-state index in [2.05, 4.69) is 40.7 Å². The van der Waals surface area contributed by atoms with E-state index in [9.17, 15) is 0 Å². The third-order valence-electron chi connectivity index (χ3n) is 5.93. The second-order valence-corrected chi connectivity index (χ2v) is 9.69. The Kier molecular flexibility index (Phi) is 9.09. The first-order valence-electron chi connectivity index (χ1n) is 12.1. The van der Waals surface area contributed by atoms with Crippen molar-refractivity contribution in [2.45, 2.75) is 32.1 Å². The molecule has 0 bridgehead atoms. The Morgan fingerprint density at radius 3 is 2.54 bits per heavy atom. The van der Waals surface area contributed by atoms with Gasteiger partial charge in [-0.2, -0.15) is 0 Å². The number of aromatic nitrogens is 3. The van der Waals surface area contributed by atoms with E-state index in [1.807, 2.05) is 36.5 Å². The number of benzene rings is 2. The number of halogens is 1. The fourth-order valence-corrected chi connectivity index (χ4v) is 4.94. The molecule has 0 saturated heterocycles. The quantitative estimate of drug-likeness (QED) is 0.136. The second-order valence-electron chi connectivity index (χ2n) is 8.33. The van der Waals surface area contributed by atoms with Gasteiger partial charge in [-0.05, 0) is 72.6 Å². The van der Waals surface area contributed by atoms with Gasteiger partial charge in [-0.15, -0.1) is 18.3 Å². The Morgan fingerprint density at radius 2 is 1.81 bits per heavy atom. The molecule has 2 aromatic carbocycles. The van der Waals surface area contributed by atoms with Crippen molar-refractivity contribution in [1.29, 1.82) is 0 Å². The molecule has 7 nitrogen and oxygen atoms in total. The number of hydrogen-bond acceptors (Lipinski definition) is 7. The lowest BCUT2D eigenvalue weighted by Crippen LogP contribution is -2.01. The molecular formula is C28H31ClN4O3S. The Hall–Kier alpha value is -3.49. The van der Waals surface area contributed by atoms with Crippen molar-refractivity contribution >= 4 is 44.6 Å². The van der Waals surface area contributed by atoms with Gasteiger partial charge in [0, 0.05) is 28.7 Å². The summed E-state index contributed by atoms with van der Waals surface area (Å²) in [6.07, 6.45) is 7.40. The van der Waals surface area contributed by atoms with Gasteiger partial charge in [-0.25, -0.2) is 9.50 Å². The van der Waals surface area contributed by atoms with Crippen molar-refractivity contribution in [3.8, 4) is 22.4 Å². The molecule has 0 fully saturated rings. The SMILES string of the molecule is C=C.COc1cc(CCCCCCNc2ccc(Cl)cc2)c2cc(-c3cn4nc(OC)sc4n3)oc2c1. The van der Waals surface area contributed by atoms with Gasteiger partial charge in [0.1, 0.15) is 17.0 Å². The fraction of sp³-hybridized carbons (Fsp3) is 0.286. The number of nitrogens with zero attached hydrogens (tertiary/aromatic N) is 3. The van der Waals surface area contributed by atoms with E-state index in [0.717, 1.165) is 76.1 Å². The third kappa shape index (κ3) is 6.45. The topological polar surface area (TPSA) is 73.8 Å². The van der Waals surface area contributed by atoms with Gasteiger partial charge in [0.25, 0.3) is 5.19 Å². The number of hydrogen-bond donors (Lipinski definition) is 1. The largest absolute Gasteiger partial charge is 0.497 e. The average Bonchev–Trinajstić information content (AvgIpc) is 3.63. The molecule has 9 heteroatoms. The smallest absolute Gasteiger partial charge is 0.294 e. The fourth-order valence-electron chi connectivity index (χ4n) is 4.11.